The van der Waals surface area contributed by atoms with Crippen molar-refractivity contribution in [2.24, 2.45) is 10.9 Å². The molecule has 0 aromatic rings. The van der Waals surface area contributed by atoms with Crippen LogP contribution in [-0.4, -0.2) is 67.4 Å². The van der Waals surface area contributed by atoms with Gasteiger partial charge in [0.25, 0.3) is 0 Å². The van der Waals surface area contributed by atoms with Gasteiger partial charge in [-0.1, -0.05) is 38.3 Å². The summed E-state index contributed by atoms with van der Waals surface area (Å²) in [7, 11) is 3.31. The number of carbonyl (C=O) groups excluding carboxylic acids is 2. The summed E-state index contributed by atoms with van der Waals surface area (Å²) in [6, 6.07) is -0.339. The van der Waals surface area contributed by atoms with Crippen LogP contribution in [0.2, 0.25) is 0 Å². The summed E-state index contributed by atoms with van der Waals surface area (Å²) in [5.74, 6) is -0.527. The molecule has 28 heavy (non-hydrogen) atoms. The van der Waals surface area contributed by atoms with E-state index in [9.17, 15) is 9.59 Å². The molecule has 2 amide bonds. The van der Waals surface area contributed by atoms with Crippen LogP contribution in [0.5, 0.6) is 0 Å². The topological polar surface area (TPSA) is 71.0 Å². The summed E-state index contributed by atoms with van der Waals surface area (Å²) in [5.41, 5.74) is 0.967. The first-order valence-corrected chi connectivity index (χ1v) is 10.7. The number of methoxy groups -OCH3 is 1. The number of aliphatic imine (C=N–C) groups is 1. The predicted molar refractivity (Wildman–Crippen MR) is 118 cm³/mol. The Hall–Kier alpha value is -1.86. The van der Waals surface area contributed by atoms with Gasteiger partial charge in [-0.25, -0.2) is 0 Å². The number of rotatable bonds is 11. The molecule has 7 heteroatoms. The Kier molecular flexibility index (Phi) is 10.9. The molecule has 0 radical (unpaired) electrons. The SMILES string of the molecule is C=C/C=C(\C=C)CC(NC(=O)[C@H](C)[C@@H](OC)[C@@H]1CCCN1C=O)C(=NC)SC. The molecule has 1 saturated heterocycles. The van der Waals surface area contributed by atoms with Gasteiger partial charge in [-0.05, 0) is 31.1 Å². The zero-order valence-electron chi connectivity index (χ0n) is 17.4. The van der Waals surface area contributed by atoms with Gasteiger partial charge in [-0.3, -0.25) is 14.6 Å². The molecular formula is C21H33N3O3S. The van der Waals surface area contributed by atoms with Crippen LogP contribution < -0.4 is 5.32 Å². The van der Waals surface area contributed by atoms with E-state index in [2.05, 4.69) is 23.5 Å². The summed E-state index contributed by atoms with van der Waals surface area (Å²) in [6.45, 7) is 10.1. The first-order chi connectivity index (χ1) is 13.5. The Balaban J connectivity index is 2.98. The average Bonchev–Trinajstić information content (AvgIpc) is 3.17. The first-order valence-electron chi connectivity index (χ1n) is 9.46. The molecule has 1 heterocycles. The van der Waals surface area contributed by atoms with Gasteiger partial charge in [0.05, 0.1) is 29.1 Å². The highest BCUT2D eigenvalue weighted by Crippen LogP contribution is 2.25. The quantitative estimate of drug-likeness (QED) is 0.247. The Labute approximate surface area is 173 Å². The fraction of sp³-hybridized carbons (Fsp3) is 0.571. The van der Waals surface area contributed by atoms with Crippen molar-refractivity contribution >= 4 is 29.1 Å². The monoisotopic (exact) mass is 407 g/mol. The van der Waals surface area contributed by atoms with Gasteiger partial charge in [0.2, 0.25) is 12.3 Å². The number of carbonyl (C=O) groups is 2. The number of hydrogen-bond acceptors (Lipinski definition) is 5. The third-order valence-electron chi connectivity index (χ3n) is 5.11. The minimum atomic E-state index is -0.409. The van der Waals surface area contributed by atoms with Crippen LogP contribution >= 0.6 is 11.8 Å². The zero-order chi connectivity index (χ0) is 21.1. The van der Waals surface area contributed by atoms with Crippen molar-refractivity contribution in [3.05, 3.63) is 37.0 Å². The normalized spacial score (nSPS) is 21.0. The van der Waals surface area contributed by atoms with Gasteiger partial charge in [0.15, 0.2) is 0 Å². The van der Waals surface area contributed by atoms with E-state index < -0.39 is 5.92 Å². The van der Waals surface area contributed by atoms with Crippen molar-refractivity contribution in [3.8, 4) is 0 Å². The molecule has 1 N–H and O–H groups in total. The van der Waals surface area contributed by atoms with E-state index in [-0.39, 0.29) is 24.1 Å². The Morgan fingerprint density at radius 2 is 2.18 bits per heavy atom. The second kappa shape index (κ2) is 12.6. The van der Waals surface area contributed by atoms with Crippen LogP contribution in [0.4, 0.5) is 0 Å². The molecule has 0 spiro atoms. The number of likely N-dealkylation sites (tertiary alicyclic amines) is 1. The molecule has 156 valence electrons. The smallest absolute Gasteiger partial charge is 0.226 e. The van der Waals surface area contributed by atoms with Crippen LogP contribution in [-0.2, 0) is 14.3 Å². The van der Waals surface area contributed by atoms with Gasteiger partial charge < -0.3 is 15.0 Å². The molecule has 1 fully saturated rings. The minimum absolute atomic E-state index is 0.0778. The van der Waals surface area contributed by atoms with Gasteiger partial charge in [0, 0.05) is 20.7 Å². The zero-order valence-corrected chi connectivity index (χ0v) is 18.2. The molecular weight excluding hydrogens is 374 g/mol. The third-order valence-corrected chi connectivity index (χ3v) is 6.00. The lowest BCUT2D eigenvalue weighted by atomic mass is 9.94. The van der Waals surface area contributed by atoms with Crippen LogP contribution in [0, 0.1) is 5.92 Å². The maximum atomic E-state index is 13.0. The second-order valence-electron chi connectivity index (χ2n) is 6.75. The summed E-state index contributed by atoms with van der Waals surface area (Å²) in [5, 5.41) is 3.95. The van der Waals surface area contributed by atoms with Crippen LogP contribution in [0.3, 0.4) is 0 Å². The van der Waals surface area contributed by atoms with E-state index >= 15 is 0 Å². The minimum Gasteiger partial charge on any atom is -0.378 e. The van der Waals surface area contributed by atoms with Crippen molar-refractivity contribution in [3.63, 3.8) is 0 Å². The van der Waals surface area contributed by atoms with Crippen LogP contribution in [0.15, 0.2) is 42.0 Å². The van der Waals surface area contributed by atoms with Crippen molar-refractivity contribution in [2.45, 2.75) is 44.4 Å². The number of nitrogens with zero attached hydrogens (tertiary/aromatic N) is 2. The predicted octanol–water partition coefficient (Wildman–Crippen LogP) is 2.82. The van der Waals surface area contributed by atoms with Crippen molar-refractivity contribution in [2.75, 3.05) is 27.0 Å². The number of hydrogen-bond donors (Lipinski definition) is 1. The lowest BCUT2D eigenvalue weighted by molar-refractivity contribution is -0.133. The van der Waals surface area contributed by atoms with Gasteiger partial charge in [0.1, 0.15) is 0 Å². The van der Waals surface area contributed by atoms with Crippen LogP contribution in [0.25, 0.3) is 0 Å². The Morgan fingerprint density at radius 1 is 1.46 bits per heavy atom. The fourth-order valence-corrected chi connectivity index (χ4v) is 4.25. The number of amides is 2. The van der Waals surface area contributed by atoms with E-state index in [1.165, 1.54) is 11.8 Å². The molecule has 1 rings (SSSR count). The van der Waals surface area contributed by atoms with E-state index in [0.29, 0.717) is 13.0 Å². The lowest BCUT2D eigenvalue weighted by Gasteiger charge is -2.32. The van der Waals surface area contributed by atoms with E-state index in [4.69, 9.17) is 4.74 Å². The van der Waals surface area contributed by atoms with Gasteiger partial charge in [-0.15, -0.1) is 11.8 Å². The summed E-state index contributed by atoms with van der Waals surface area (Å²) in [6.07, 6.45) is 10.1. The van der Waals surface area contributed by atoms with Crippen molar-refractivity contribution < 1.29 is 14.3 Å². The molecule has 1 unspecified atom stereocenters. The highest BCUT2D eigenvalue weighted by atomic mass is 32.2. The lowest BCUT2D eigenvalue weighted by Crippen LogP contribution is -2.50. The first kappa shape index (κ1) is 24.2. The molecule has 0 aliphatic carbocycles. The highest BCUT2D eigenvalue weighted by Gasteiger charge is 2.37. The summed E-state index contributed by atoms with van der Waals surface area (Å²) < 4.78 is 5.65. The molecule has 1 aliphatic rings. The van der Waals surface area contributed by atoms with Gasteiger partial charge >= 0.3 is 0 Å². The van der Waals surface area contributed by atoms with Crippen molar-refractivity contribution in [1.29, 1.82) is 0 Å². The Bertz CT molecular complexity index is 618. The average molecular weight is 408 g/mol. The summed E-state index contributed by atoms with van der Waals surface area (Å²) in [4.78, 5) is 30.4. The number of allylic oxidation sites excluding steroid dienone is 3. The van der Waals surface area contributed by atoms with Crippen molar-refractivity contribution in [1.82, 2.24) is 10.2 Å². The maximum Gasteiger partial charge on any atom is 0.226 e. The number of thioether (sulfide) groups is 1. The molecule has 0 saturated carbocycles. The largest absolute Gasteiger partial charge is 0.378 e. The molecule has 1 aliphatic heterocycles. The standard InChI is InChI=1S/C21H33N3O3S/c1-7-10-16(8-2)13-17(21(22-4)28-6)23-20(26)15(3)19(27-5)18-11-9-12-24(18)14-25/h7-8,10,14-15,17-19H,1-2,9,11-13H2,3-6H3,(H,23,26)/b16-10+,22-21?/t15-,17?,18+,19-/m1/s1. The summed E-state index contributed by atoms with van der Waals surface area (Å²) >= 11 is 1.51. The highest BCUT2D eigenvalue weighted by molar-refractivity contribution is 8.13. The van der Waals surface area contributed by atoms with E-state index in [0.717, 1.165) is 29.9 Å². The number of ether oxygens (including phenoxy) is 1. The van der Waals surface area contributed by atoms with E-state index in [1.54, 1.807) is 31.2 Å². The van der Waals surface area contributed by atoms with E-state index in [1.807, 2.05) is 19.3 Å². The molecule has 4 atom stereocenters. The second-order valence-corrected chi connectivity index (χ2v) is 7.58. The third kappa shape index (κ3) is 6.34. The fourth-order valence-electron chi connectivity index (χ4n) is 3.64. The molecule has 0 aromatic carbocycles. The molecule has 0 aromatic heterocycles. The van der Waals surface area contributed by atoms with Crippen LogP contribution in [0.1, 0.15) is 26.2 Å². The Morgan fingerprint density at radius 3 is 2.68 bits per heavy atom. The molecule has 6 nitrogen and oxygen atoms in total. The number of nitrogens with one attached hydrogen (secondary N) is 1. The maximum absolute atomic E-state index is 13.0. The molecule has 0 bridgehead atoms. The van der Waals surface area contributed by atoms with Gasteiger partial charge in [-0.2, -0.15) is 0 Å².